The number of pyridine rings is 1. The van der Waals surface area contributed by atoms with Crippen molar-refractivity contribution in [2.24, 2.45) is 0 Å². The molecule has 1 N–H and O–H groups in total. The van der Waals surface area contributed by atoms with Crippen molar-refractivity contribution >= 4 is 0 Å². The summed E-state index contributed by atoms with van der Waals surface area (Å²) in [4.78, 5) is 4.12. The van der Waals surface area contributed by atoms with Crippen molar-refractivity contribution in [2.45, 2.75) is 12.5 Å². The number of hydrogen-bond acceptors (Lipinski definition) is 3. The lowest BCUT2D eigenvalue weighted by atomic mass is 10.00. The Labute approximate surface area is 108 Å². The van der Waals surface area contributed by atoms with Crippen LogP contribution in [0, 0.1) is 0 Å². The monoisotopic (exact) mass is 242 g/mol. The maximum atomic E-state index is 5.14. The molecule has 0 aliphatic heterocycles. The molecule has 0 aliphatic rings. The number of benzene rings is 1. The summed E-state index contributed by atoms with van der Waals surface area (Å²) in [6.07, 6.45) is 2.70. The van der Waals surface area contributed by atoms with E-state index in [0.717, 1.165) is 6.42 Å². The Balaban J connectivity index is 2.15. The zero-order valence-electron chi connectivity index (χ0n) is 10.8. The maximum absolute atomic E-state index is 5.14. The summed E-state index contributed by atoms with van der Waals surface area (Å²) >= 11 is 0. The molecule has 1 unspecified atom stereocenters. The fourth-order valence-corrected chi connectivity index (χ4v) is 2.00. The van der Waals surface area contributed by atoms with Crippen molar-refractivity contribution in [1.82, 2.24) is 10.3 Å². The third-order valence-electron chi connectivity index (χ3n) is 3.00. The first-order chi connectivity index (χ1) is 8.83. The molecule has 1 aromatic heterocycles. The van der Waals surface area contributed by atoms with Crippen LogP contribution in [0.2, 0.25) is 0 Å². The van der Waals surface area contributed by atoms with Gasteiger partial charge in [0.05, 0.1) is 7.11 Å². The van der Waals surface area contributed by atoms with Crippen molar-refractivity contribution in [2.75, 3.05) is 14.2 Å². The number of ether oxygens (including phenoxy) is 1. The Bertz CT molecular complexity index is 485. The Hall–Kier alpha value is -1.87. The highest BCUT2D eigenvalue weighted by Gasteiger charge is 2.10. The first-order valence-corrected chi connectivity index (χ1v) is 6.04. The van der Waals surface area contributed by atoms with Crippen LogP contribution in [0.15, 0.2) is 48.7 Å². The lowest BCUT2D eigenvalue weighted by Gasteiger charge is -2.16. The molecule has 1 aromatic carbocycles. The van der Waals surface area contributed by atoms with Gasteiger partial charge in [0.1, 0.15) is 0 Å². The van der Waals surface area contributed by atoms with Crippen LogP contribution in [0.4, 0.5) is 0 Å². The molecule has 3 nitrogen and oxygen atoms in total. The predicted octanol–water partition coefficient (Wildman–Crippen LogP) is 2.59. The highest BCUT2D eigenvalue weighted by molar-refractivity contribution is 5.25. The maximum Gasteiger partial charge on any atom is 0.213 e. The van der Waals surface area contributed by atoms with Gasteiger partial charge in [-0.2, -0.15) is 0 Å². The topological polar surface area (TPSA) is 34.2 Å². The van der Waals surface area contributed by atoms with E-state index in [1.807, 2.05) is 25.2 Å². The molecule has 0 amide bonds. The van der Waals surface area contributed by atoms with E-state index in [1.54, 1.807) is 13.3 Å². The van der Waals surface area contributed by atoms with E-state index in [4.69, 9.17) is 4.74 Å². The summed E-state index contributed by atoms with van der Waals surface area (Å²) < 4.78 is 5.14. The van der Waals surface area contributed by atoms with Gasteiger partial charge in [0, 0.05) is 18.3 Å². The Kier molecular flexibility index (Phi) is 4.31. The minimum Gasteiger partial charge on any atom is -0.481 e. The smallest absolute Gasteiger partial charge is 0.213 e. The minimum absolute atomic E-state index is 0.304. The molecular formula is C15H18N2O. The predicted molar refractivity (Wildman–Crippen MR) is 72.7 cm³/mol. The van der Waals surface area contributed by atoms with Crippen LogP contribution in [-0.4, -0.2) is 19.1 Å². The van der Waals surface area contributed by atoms with Gasteiger partial charge in [-0.3, -0.25) is 0 Å². The summed E-state index contributed by atoms with van der Waals surface area (Å²) in [5.41, 5.74) is 2.50. The number of rotatable bonds is 5. The van der Waals surface area contributed by atoms with E-state index in [2.05, 4.69) is 34.6 Å². The molecule has 2 rings (SSSR count). The normalized spacial score (nSPS) is 12.1. The van der Waals surface area contributed by atoms with Crippen LogP contribution < -0.4 is 10.1 Å². The summed E-state index contributed by atoms with van der Waals surface area (Å²) in [5, 5.41) is 3.34. The summed E-state index contributed by atoms with van der Waals surface area (Å²) in [5.74, 6) is 0.662. The summed E-state index contributed by atoms with van der Waals surface area (Å²) in [6.45, 7) is 0. The largest absolute Gasteiger partial charge is 0.481 e. The lowest BCUT2D eigenvalue weighted by molar-refractivity contribution is 0.397. The molecule has 2 aromatic rings. The molecule has 0 radical (unpaired) electrons. The van der Waals surface area contributed by atoms with Gasteiger partial charge in [0.2, 0.25) is 5.88 Å². The zero-order valence-corrected chi connectivity index (χ0v) is 10.8. The lowest BCUT2D eigenvalue weighted by Crippen LogP contribution is -2.18. The van der Waals surface area contributed by atoms with Crippen molar-refractivity contribution in [3.63, 3.8) is 0 Å². The molecule has 94 valence electrons. The number of hydrogen-bond donors (Lipinski definition) is 1. The van der Waals surface area contributed by atoms with Gasteiger partial charge < -0.3 is 10.1 Å². The zero-order chi connectivity index (χ0) is 12.8. The van der Waals surface area contributed by atoms with Crippen molar-refractivity contribution < 1.29 is 4.74 Å². The Morgan fingerprint density at radius 3 is 2.67 bits per heavy atom. The molecule has 0 fully saturated rings. The van der Waals surface area contributed by atoms with E-state index < -0.39 is 0 Å². The first kappa shape index (κ1) is 12.6. The van der Waals surface area contributed by atoms with Gasteiger partial charge in [-0.05, 0) is 30.7 Å². The highest BCUT2D eigenvalue weighted by Crippen LogP contribution is 2.19. The van der Waals surface area contributed by atoms with E-state index in [1.165, 1.54) is 11.1 Å². The number of aromatic nitrogens is 1. The van der Waals surface area contributed by atoms with Crippen LogP contribution in [-0.2, 0) is 6.42 Å². The number of methoxy groups -OCH3 is 1. The fourth-order valence-electron chi connectivity index (χ4n) is 2.00. The van der Waals surface area contributed by atoms with E-state index >= 15 is 0 Å². The third-order valence-corrected chi connectivity index (χ3v) is 3.00. The van der Waals surface area contributed by atoms with Crippen molar-refractivity contribution in [3.05, 3.63) is 59.8 Å². The minimum atomic E-state index is 0.304. The highest BCUT2D eigenvalue weighted by atomic mass is 16.5. The molecule has 0 spiro atoms. The van der Waals surface area contributed by atoms with Crippen LogP contribution in [0.5, 0.6) is 5.88 Å². The second-order valence-corrected chi connectivity index (χ2v) is 4.16. The quantitative estimate of drug-likeness (QED) is 0.875. The van der Waals surface area contributed by atoms with Crippen LogP contribution in [0.25, 0.3) is 0 Å². The second kappa shape index (κ2) is 6.17. The number of nitrogens with zero attached hydrogens (tertiary/aromatic N) is 1. The van der Waals surface area contributed by atoms with Gasteiger partial charge in [0.25, 0.3) is 0 Å². The molecule has 0 aliphatic carbocycles. The average molecular weight is 242 g/mol. The molecular weight excluding hydrogens is 224 g/mol. The molecule has 0 saturated carbocycles. The average Bonchev–Trinajstić information content (AvgIpc) is 2.46. The van der Waals surface area contributed by atoms with E-state index in [9.17, 15) is 0 Å². The van der Waals surface area contributed by atoms with Crippen LogP contribution >= 0.6 is 0 Å². The van der Waals surface area contributed by atoms with E-state index in [-0.39, 0.29) is 0 Å². The fraction of sp³-hybridized carbons (Fsp3) is 0.267. The molecule has 1 heterocycles. The third kappa shape index (κ3) is 3.08. The second-order valence-electron chi connectivity index (χ2n) is 4.16. The first-order valence-electron chi connectivity index (χ1n) is 6.04. The molecule has 3 heteroatoms. The summed E-state index contributed by atoms with van der Waals surface area (Å²) in [7, 11) is 3.62. The van der Waals surface area contributed by atoms with Gasteiger partial charge in [-0.15, -0.1) is 0 Å². The van der Waals surface area contributed by atoms with Crippen LogP contribution in [0.1, 0.15) is 17.2 Å². The Morgan fingerprint density at radius 1 is 1.22 bits per heavy atom. The number of likely N-dealkylation sites (N-methyl/N-ethyl adjacent to an activating group) is 1. The SMILES string of the molecule is CNC(Cc1ccnc(OC)c1)c1ccccc1. The van der Waals surface area contributed by atoms with Crippen molar-refractivity contribution in [3.8, 4) is 5.88 Å². The molecule has 1 atom stereocenters. The van der Waals surface area contributed by atoms with Gasteiger partial charge in [-0.25, -0.2) is 4.98 Å². The van der Waals surface area contributed by atoms with Gasteiger partial charge in [-0.1, -0.05) is 30.3 Å². The van der Waals surface area contributed by atoms with E-state index in [0.29, 0.717) is 11.9 Å². The van der Waals surface area contributed by atoms with Gasteiger partial charge >= 0.3 is 0 Å². The number of nitrogens with one attached hydrogen (secondary N) is 1. The molecule has 0 bridgehead atoms. The standard InChI is InChI=1S/C15H18N2O/c1-16-14(13-6-4-3-5-7-13)10-12-8-9-17-15(11-12)18-2/h3-9,11,14,16H,10H2,1-2H3. The van der Waals surface area contributed by atoms with Gasteiger partial charge in [0.15, 0.2) is 0 Å². The van der Waals surface area contributed by atoms with Crippen LogP contribution in [0.3, 0.4) is 0 Å². The molecule has 18 heavy (non-hydrogen) atoms. The Morgan fingerprint density at radius 2 is 2.00 bits per heavy atom. The molecule has 0 saturated heterocycles. The van der Waals surface area contributed by atoms with Crippen molar-refractivity contribution in [1.29, 1.82) is 0 Å². The summed E-state index contributed by atoms with van der Waals surface area (Å²) in [6, 6.07) is 14.7.